The second-order valence-corrected chi connectivity index (χ2v) is 5.25. The molecule has 0 aliphatic carbocycles. The van der Waals surface area contributed by atoms with E-state index in [1.165, 1.54) is 10.7 Å². The van der Waals surface area contributed by atoms with Gasteiger partial charge in [-0.3, -0.25) is 4.79 Å². The first kappa shape index (κ1) is 14.6. The first-order valence-corrected chi connectivity index (χ1v) is 7.50. The predicted molar refractivity (Wildman–Crippen MR) is 87.1 cm³/mol. The third-order valence-electron chi connectivity index (χ3n) is 3.84. The van der Waals surface area contributed by atoms with Gasteiger partial charge in [-0.25, -0.2) is 4.68 Å². The Morgan fingerprint density at radius 1 is 1.23 bits per heavy atom. The predicted octanol–water partition coefficient (Wildman–Crippen LogP) is 1.35. The standard InChI is InChI=1S/C16H20N4O2/c1-2-20-16(21)6-4-14(18-20)12-3-5-15(13(17)11-12)19-7-9-22-10-8-19/h3-6,11H,2,7-10,17H2,1H3. The zero-order valence-electron chi connectivity index (χ0n) is 12.7. The number of nitrogen functional groups attached to an aromatic ring is 1. The number of rotatable bonds is 3. The monoisotopic (exact) mass is 300 g/mol. The van der Waals surface area contributed by atoms with E-state index in [0.29, 0.717) is 6.54 Å². The van der Waals surface area contributed by atoms with Crippen molar-refractivity contribution in [1.82, 2.24) is 9.78 Å². The molecular formula is C16H20N4O2. The van der Waals surface area contributed by atoms with Crippen molar-refractivity contribution in [3.05, 3.63) is 40.7 Å². The maximum atomic E-state index is 11.6. The van der Waals surface area contributed by atoms with Gasteiger partial charge in [0.2, 0.25) is 0 Å². The van der Waals surface area contributed by atoms with Crippen molar-refractivity contribution < 1.29 is 4.74 Å². The summed E-state index contributed by atoms with van der Waals surface area (Å²) in [6.45, 7) is 5.60. The second-order valence-electron chi connectivity index (χ2n) is 5.25. The molecule has 1 saturated heterocycles. The highest BCUT2D eigenvalue weighted by molar-refractivity contribution is 5.75. The molecule has 6 heteroatoms. The number of morpholine rings is 1. The van der Waals surface area contributed by atoms with Crippen LogP contribution in [0.3, 0.4) is 0 Å². The molecule has 2 heterocycles. The Balaban J connectivity index is 1.92. The zero-order chi connectivity index (χ0) is 15.5. The fourth-order valence-electron chi connectivity index (χ4n) is 2.64. The van der Waals surface area contributed by atoms with Gasteiger partial charge in [0, 0.05) is 31.3 Å². The molecule has 1 aromatic heterocycles. The van der Waals surface area contributed by atoms with Crippen molar-refractivity contribution in [2.75, 3.05) is 36.9 Å². The number of anilines is 2. The van der Waals surface area contributed by atoms with Crippen molar-refractivity contribution in [2.45, 2.75) is 13.5 Å². The van der Waals surface area contributed by atoms with E-state index in [2.05, 4.69) is 10.00 Å². The third kappa shape index (κ3) is 2.82. The van der Waals surface area contributed by atoms with Gasteiger partial charge in [0.15, 0.2) is 0 Å². The van der Waals surface area contributed by atoms with Crippen LogP contribution >= 0.6 is 0 Å². The summed E-state index contributed by atoms with van der Waals surface area (Å²) in [5.74, 6) is 0. The first-order valence-electron chi connectivity index (χ1n) is 7.50. The van der Waals surface area contributed by atoms with E-state index in [9.17, 15) is 4.79 Å². The van der Waals surface area contributed by atoms with Gasteiger partial charge < -0.3 is 15.4 Å². The van der Waals surface area contributed by atoms with Gasteiger partial charge in [-0.1, -0.05) is 6.07 Å². The lowest BCUT2D eigenvalue weighted by atomic mass is 10.1. The SMILES string of the molecule is CCn1nc(-c2ccc(N3CCOCC3)c(N)c2)ccc1=O. The van der Waals surface area contributed by atoms with Crippen molar-refractivity contribution in [3.8, 4) is 11.3 Å². The molecule has 0 unspecified atom stereocenters. The Labute approximate surface area is 129 Å². The molecule has 2 aromatic rings. The number of nitrogens with zero attached hydrogens (tertiary/aromatic N) is 3. The Hall–Kier alpha value is -2.34. The van der Waals surface area contributed by atoms with Gasteiger partial charge in [0.05, 0.1) is 30.3 Å². The molecule has 116 valence electrons. The highest BCUT2D eigenvalue weighted by atomic mass is 16.5. The van der Waals surface area contributed by atoms with Crippen LogP contribution in [-0.2, 0) is 11.3 Å². The van der Waals surface area contributed by atoms with Gasteiger partial charge in [-0.05, 0) is 25.1 Å². The molecule has 1 aliphatic rings. The van der Waals surface area contributed by atoms with Crippen LogP contribution in [0.4, 0.5) is 11.4 Å². The fraction of sp³-hybridized carbons (Fsp3) is 0.375. The maximum Gasteiger partial charge on any atom is 0.266 e. The van der Waals surface area contributed by atoms with Gasteiger partial charge in [-0.2, -0.15) is 5.10 Å². The lowest BCUT2D eigenvalue weighted by Gasteiger charge is -2.30. The smallest absolute Gasteiger partial charge is 0.266 e. The number of hydrogen-bond acceptors (Lipinski definition) is 5. The summed E-state index contributed by atoms with van der Waals surface area (Å²) in [5, 5.41) is 4.36. The van der Waals surface area contributed by atoms with Crippen LogP contribution in [-0.4, -0.2) is 36.1 Å². The Kier molecular flexibility index (Phi) is 4.11. The summed E-state index contributed by atoms with van der Waals surface area (Å²) in [4.78, 5) is 13.8. The minimum atomic E-state index is -0.0934. The highest BCUT2D eigenvalue weighted by Crippen LogP contribution is 2.28. The lowest BCUT2D eigenvalue weighted by molar-refractivity contribution is 0.123. The van der Waals surface area contributed by atoms with Gasteiger partial charge in [0.1, 0.15) is 0 Å². The van der Waals surface area contributed by atoms with Gasteiger partial charge in [0.25, 0.3) is 5.56 Å². The molecule has 0 radical (unpaired) electrons. The average Bonchev–Trinajstić information content (AvgIpc) is 2.56. The van der Waals surface area contributed by atoms with Crippen LogP contribution in [0.2, 0.25) is 0 Å². The average molecular weight is 300 g/mol. The van der Waals surface area contributed by atoms with Crippen LogP contribution in [0.5, 0.6) is 0 Å². The fourth-order valence-corrected chi connectivity index (χ4v) is 2.64. The number of benzene rings is 1. The number of aryl methyl sites for hydroxylation is 1. The van der Waals surface area contributed by atoms with Crippen LogP contribution < -0.4 is 16.2 Å². The van der Waals surface area contributed by atoms with E-state index in [4.69, 9.17) is 10.5 Å². The van der Waals surface area contributed by atoms with Crippen LogP contribution in [0.25, 0.3) is 11.3 Å². The lowest BCUT2D eigenvalue weighted by Crippen LogP contribution is -2.36. The number of ether oxygens (including phenoxy) is 1. The second kappa shape index (κ2) is 6.19. The van der Waals surface area contributed by atoms with Crippen LogP contribution in [0.15, 0.2) is 35.1 Å². The van der Waals surface area contributed by atoms with E-state index in [-0.39, 0.29) is 5.56 Å². The number of aromatic nitrogens is 2. The van der Waals surface area contributed by atoms with Crippen molar-refractivity contribution >= 4 is 11.4 Å². The topological polar surface area (TPSA) is 73.4 Å². The highest BCUT2D eigenvalue weighted by Gasteiger charge is 2.14. The molecule has 3 rings (SSSR count). The number of nitrogens with two attached hydrogens (primary N) is 1. The minimum Gasteiger partial charge on any atom is -0.397 e. The van der Waals surface area contributed by atoms with E-state index in [0.717, 1.165) is 48.9 Å². The Morgan fingerprint density at radius 2 is 2.00 bits per heavy atom. The molecule has 0 atom stereocenters. The summed E-state index contributed by atoms with van der Waals surface area (Å²) >= 11 is 0. The summed E-state index contributed by atoms with van der Waals surface area (Å²) in [5.41, 5.74) is 9.52. The van der Waals surface area contributed by atoms with Crippen LogP contribution in [0.1, 0.15) is 6.92 Å². The Morgan fingerprint density at radius 3 is 2.68 bits per heavy atom. The molecular weight excluding hydrogens is 280 g/mol. The van der Waals surface area contributed by atoms with E-state index in [1.54, 1.807) is 6.07 Å². The summed E-state index contributed by atoms with van der Waals surface area (Å²) in [6.07, 6.45) is 0. The molecule has 6 nitrogen and oxygen atoms in total. The van der Waals surface area contributed by atoms with E-state index < -0.39 is 0 Å². The molecule has 1 aliphatic heterocycles. The van der Waals surface area contributed by atoms with Gasteiger partial charge >= 0.3 is 0 Å². The summed E-state index contributed by atoms with van der Waals surface area (Å²) < 4.78 is 6.81. The molecule has 22 heavy (non-hydrogen) atoms. The molecule has 2 N–H and O–H groups in total. The minimum absolute atomic E-state index is 0.0934. The molecule has 0 amide bonds. The molecule has 1 fully saturated rings. The van der Waals surface area contributed by atoms with Gasteiger partial charge in [-0.15, -0.1) is 0 Å². The third-order valence-corrected chi connectivity index (χ3v) is 3.84. The summed E-state index contributed by atoms with van der Waals surface area (Å²) in [6, 6.07) is 9.19. The maximum absolute atomic E-state index is 11.6. The molecule has 1 aromatic carbocycles. The molecule has 0 saturated carbocycles. The molecule has 0 spiro atoms. The van der Waals surface area contributed by atoms with Crippen molar-refractivity contribution in [1.29, 1.82) is 0 Å². The van der Waals surface area contributed by atoms with Crippen molar-refractivity contribution in [3.63, 3.8) is 0 Å². The van der Waals surface area contributed by atoms with E-state index >= 15 is 0 Å². The van der Waals surface area contributed by atoms with E-state index in [1.807, 2.05) is 25.1 Å². The summed E-state index contributed by atoms with van der Waals surface area (Å²) in [7, 11) is 0. The quantitative estimate of drug-likeness (QED) is 0.866. The largest absolute Gasteiger partial charge is 0.397 e. The zero-order valence-corrected chi connectivity index (χ0v) is 12.7. The molecule has 0 bridgehead atoms. The normalized spacial score (nSPS) is 15.0. The first-order chi connectivity index (χ1) is 10.7. The van der Waals surface area contributed by atoms with Crippen molar-refractivity contribution in [2.24, 2.45) is 0 Å². The Bertz CT molecular complexity index is 720. The van der Waals surface area contributed by atoms with Crippen LogP contribution in [0, 0.1) is 0 Å². The number of hydrogen-bond donors (Lipinski definition) is 1.